The van der Waals surface area contributed by atoms with Crippen LogP contribution < -0.4 is 10.1 Å². The number of hydrogen-bond acceptors (Lipinski definition) is 8. The Bertz CT molecular complexity index is 1650. The molecule has 5 rings (SSSR count). The fourth-order valence-electron chi connectivity index (χ4n) is 4.76. The zero-order chi connectivity index (χ0) is 31.9. The van der Waals surface area contributed by atoms with E-state index < -0.39 is 11.8 Å². The minimum absolute atomic E-state index is 0.0262. The second kappa shape index (κ2) is 15.0. The second-order valence-corrected chi connectivity index (χ2v) is 12.3. The van der Waals surface area contributed by atoms with Crippen LogP contribution in [-0.2, 0) is 14.3 Å². The number of nitrogens with one attached hydrogen (secondary N) is 1. The smallest absolute Gasteiger partial charge is 0.335 e. The quantitative estimate of drug-likeness (QED) is 0.194. The molecule has 0 unspecified atom stereocenters. The number of ether oxygens (including phenoxy) is 2. The van der Waals surface area contributed by atoms with Crippen LogP contribution in [0.25, 0.3) is 17.2 Å². The number of anilines is 1. The van der Waals surface area contributed by atoms with E-state index >= 15 is 0 Å². The van der Waals surface area contributed by atoms with Crippen LogP contribution in [0.2, 0.25) is 5.02 Å². The molecule has 0 radical (unpaired) electrons. The summed E-state index contributed by atoms with van der Waals surface area (Å²) in [4.78, 5) is 40.9. The molecule has 0 aromatic heterocycles. The molecule has 13 heteroatoms. The first-order valence-corrected chi connectivity index (χ1v) is 15.7. The Morgan fingerprint density at radius 2 is 1.84 bits per heavy atom. The van der Waals surface area contributed by atoms with Crippen molar-refractivity contribution in [2.75, 3.05) is 51.3 Å². The lowest BCUT2D eigenvalue weighted by atomic mass is 10.0. The van der Waals surface area contributed by atoms with Crippen molar-refractivity contribution < 1.29 is 33.4 Å². The Kier molecular flexibility index (Phi) is 10.8. The van der Waals surface area contributed by atoms with Crippen LogP contribution in [0.4, 0.5) is 10.1 Å². The average Bonchev–Trinajstić information content (AvgIpc) is 3.28. The molecule has 0 spiro atoms. The number of rotatable bonds is 11. The van der Waals surface area contributed by atoms with E-state index in [9.17, 15) is 18.8 Å². The van der Waals surface area contributed by atoms with Crippen molar-refractivity contribution >= 4 is 69.4 Å². The number of carboxylic acids is 1. The third-order valence-electron chi connectivity index (χ3n) is 7.16. The summed E-state index contributed by atoms with van der Waals surface area (Å²) in [5, 5.41) is 12.0. The molecule has 2 heterocycles. The summed E-state index contributed by atoms with van der Waals surface area (Å²) in [7, 11) is 0. The maximum absolute atomic E-state index is 14.8. The van der Waals surface area contributed by atoms with Crippen molar-refractivity contribution in [1.29, 1.82) is 0 Å². The molecular weight excluding hydrogens is 641 g/mol. The third kappa shape index (κ3) is 8.47. The van der Waals surface area contributed by atoms with Gasteiger partial charge in [-0.3, -0.25) is 19.4 Å². The molecule has 234 valence electrons. The first-order valence-electron chi connectivity index (χ1n) is 14.1. The summed E-state index contributed by atoms with van der Waals surface area (Å²) in [6, 6.07) is 15.5. The van der Waals surface area contributed by atoms with Gasteiger partial charge < -0.3 is 19.9 Å². The number of carbonyl (C=O) groups is 3. The topological polar surface area (TPSA) is 108 Å². The van der Waals surface area contributed by atoms with Gasteiger partial charge in [-0.15, -0.1) is 0 Å². The van der Waals surface area contributed by atoms with Crippen molar-refractivity contribution in [3.63, 3.8) is 0 Å². The molecular formula is C32H29ClFN3O6S2. The van der Waals surface area contributed by atoms with Crippen LogP contribution in [0.1, 0.15) is 22.3 Å². The number of amides is 2. The van der Waals surface area contributed by atoms with Crippen LogP contribution in [0, 0.1) is 5.82 Å². The number of aromatic carboxylic acids is 1. The summed E-state index contributed by atoms with van der Waals surface area (Å²) in [5.41, 5.74) is 2.05. The highest BCUT2D eigenvalue weighted by molar-refractivity contribution is 8.26. The van der Waals surface area contributed by atoms with E-state index in [1.807, 2.05) is 0 Å². The van der Waals surface area contributed by atoms with Gasteiger partial charge in [-0.1, -0.05) is 41.6 Å². The van der Waals surface area contributed by atoms with Gasteiger partial charge >= 0.3 is 5.97 Å². The van der Waals surface area contributed by atoms with E-state index in [-0.39, 0.29) is 35.4 Å². The van der Waals surface area contributed by atoms with Crippen LogP contribution >= 0.6 is 35.6 Å². The number of nitrogens with zero attached hydrogens (tertiary/aromatic N) is 2. The van der Waals surface area contributed by atoms with Gasteiger partial charge in [-0.25, -0.2) is 9.18 Å². The Hall–Kier alpha value is -3.81. The predicted octanol–water partition coefficient (Wildman–Crippen LogP) is 5.79. The first kappa shape index (κ1) is 32.6. The van der Waals surface area contributed by atoms with Crippen LogP contribution in [0.15, 0.2) is 65.6 Å². The van der Waals surface area contributed by atoms with E-state index in [1.165, 1.54) is 35.2 Å². The number of carboxylic acid groups (broad SMARTS) is 1. The second-order valence-electron chi connectivity index (χ2n) is 10.2. The number of carbonyl (C=O) groups excluding carboxylic acids is 2. The van der Waals surface area contributed by atoms with Gasteiger partial charge in [0.05, 0.1) is 23.7 Å². The third-order valence-corrected chi connectivity index (χ3v) is 8.77. The molecule has 0 bridgehead atoms. The van der Waals surface area contributed by atoms with Crippen molar-refractivity contribution in [3.8, 4) is 16.9 Å². The summed E-state index contributed by atoms with van der Waals surface area (Å²) < 4.78 is 26.7. The largest absolute Gasteiger partial charge is 0.492 e. The Morgan fingerprint density at radius 1 is 1.09 bits per heavy atom. The van der Waals surface area contributed by atoms with E-state index in [0.29, 0.717) is 63.7 Å². The zero-order valence-corrected chi connectivity index (χ0v) is 26.4. The van der Waals surface area contributed by atoms with Gasteiger partial charge in [0.25, 0.3) is 5.91 Å². The van der Waals surface area contributed by atoms with Crippen LogP contribution in [0.3, 0.4) is 0 Å². The van der Waals surface area contributed by atoms with Crippen molar-refractivity contribution in [1.82, 2.24) is 9.80 Å². The molecule has 0 saturated carbocycles. The SMILES string of the molecule is O=C(CCN1C(=O)/C(=C/c2cc(-c3ccc(Cl)cc3F)ccc2OCCN2CCOCC2)SC1=S)Nc1ccc(C(=O)O)cc1. The van der Waals surface area contributed by atoms with Crippen LogP contribution in [0.5, 0.6) is 5.75 Å². The van der Waals surface area contributed by atoms with Gasteiger partial charge in [-0.2, -0.15) is 0 Å². The minimum atomic E-state index is -1.06. The molecule has 3 aromatic rings. The standard InChI is InChI=1S/C32H29ClFN3O6S2/c33-23-4-7-25(26(34)19-23)21-3-8-27(43-16-13-36-11-14-42-15-12-36)22(17-21)18-28-30(39)37(32(44)45-28)10-9-29(38)35-24-5-1-20(2-6-24)31(40)41/h1-8,17-19H,9-16H2,(H,35,38)(H,40,41)/b28-18-. The van der Waals surface area contributed by atoms with E-state index in [1.54, 1.807) is 36.4 Å². The lowest BCUT2D eigenvalue weighted by Crippen LogP contribution is -2.38. The number of thioether (sulfide) groups is 1. The Labute approximate surface area is 273 Å². The van der Waals surface area contributed by atoms with Gasteiger partial charge in [0.2, 0.25) is 5.91 Å². The molecule has 2 aliphatic rings. The van der Waals surface area contributed by atoms with Crippen molar-refractivity contribution in [2.24, 2.45) is 0 Å². The van der Waals surface area contributed by atoms with E-state index in [0.717, 1.165) is 24.9 Å². The Morgan fingerprint density at radius 3 is 2.56 bits per heavy atom. The maximum Gasteiger partial charge on any atom is 0.335 e. The fraction of sp³-hybridized carbons (Fsp3) is 0.250. The molecule has 0 atom stereocenters. The van der Waals surface area contributed by atoms with E-state index in [4.69, 9.17) is 38.4 Å². The zero-order valence-electron chi connectivity index (χ0n) is 24.0. The normalized spacial score (nSPS) is 16.3. The van der Waals surface area contributed by atoms with Gasteiger partial charge in [0.15, 0.2) is 0 Å². The molecule has 2 fully saturated rings. The van der Waals surface area contributed by atoms with Crippen molar-refractivity contribution in [3.05, 3.63) is 87.5 Å². The lowest BCUT2D eigenvalue weighted by molar-refractivity contribution is -0.122. The molecule has 2 saturated heterocycles. The lowest BCUT2D eigenvalue weighted by Gasteiger charge is -2.26. The first-order chi connectivity index (χ1) is 21.7. The predicted molar refractivity (Wildman–Crippen MR) is 176 cm³/mol. The Balaban J connectivity index is 1.30. The van der Waals surface area contributed by atoms with Gasteiger partial charge in [0, 0.05) is 54.4 Å². The highest BCUT2D eigenvalue weighted by Crippen LogP contribution is 2.36. The molecule has 0 aliphatic carbocycles. The highest BCUT2D eigenvalue weighted by atomic mass is 35.5. The summed E-state index contributed by atoms with van der Waals surface area (Å²) in [5.74, 6) is -1.72. The number of thiocarbonyl (C=S) groups is 1. The average molecular weight is 670 g/mol. The molecule has 9 nitrogen and oxygen atoms in total. The monoisotopic (exact) mass is 669 g/mol. The molecule has 45 heavy (non-hydrogen) atoms. The molecule has 2 amide bonds. The molecule has 3 aromatic carbocycles. The summed E-state index contributed by atoms with van der Waals surface area (Å²) in [6.07, 6.45) is 1.65. The van der Waals surface area contributed by atoms with E-state index in [2.05, 4.69) is 10.2 Å². The van der Waals surface area contributed by atoms with Gasteiger partial charge in [-0.05, 0) is 66.2 Å². The number of benzene rings is 3. The summed E-state index contributed by atoms with van der Waals surface area (Å²) >= 11 is 12.5. The maximum atomic E-state index is 14.8. The highest BCUT2D eigenvalue weighted by Gasteiger charge is 2.32. The number of hydrogen-bond donors (Lipinski definition) is 2. The molecule has 2 aliphatic heterocycles. The summed E-state index contributed by atoms with van der Waals surface area (Å²) in [6.45, 7) is 4.16. The van der Waals surface area contributed by atoms with Crippen LogP contribution in [-0.4, -0.2) is 83.0 Å². The number of halogens is 2. The van der Waals surface area contributed by atoms with Crippen molar-refractivity contribution in [2.45, 2.75) is 6.42 Å². The fourth-order valence-corrected chi connectivity index (χ4v) is 6.22. The molecule has 2 N–H and O–H groups in total. The van der Waals surface area contributed by atoms with Gasteiger partial charge in [0.1, 0.15) is 22.5 Å². The minimum Gasteiger partial charge on any atom is -0.492 e. The number of morpholine rings is 1.